The maximum absolute atomic E-state index is 13.0. The SMILES string of the molecule is CCCCCCCCCCNC1=C(C)C(=O)C(NCCCCCCCCCC)=C(OC)C1=O. The van der Waals surface area contributed by atoms with Crippen molar-refractivity contribution >= 4 is 11.6 Å². The number of hydrogen-bond donors (Lipinski definition) is 2. The van der Waals surface area contributed by atoms with Crippen LogP contribution >= 0.6 is 0 Å². The summed E-state index contributed by atoms with van der Waals surface area (Å²) in [6.45, 7) is 7.60. The Morgan fingerprint density at radius 2 is 0.970 bits per heavy atom. The van der Waals surface area contributed by atoms with Gasteiger partial charge in [0.1, 0.15) is 5.70 Å². The summed E-state index contributed by atoms with van der Waals surface area (Å²) in [5.41, 5.74) is 1.21. The van der Waals surface area contributed by atoms with Gasteiger partial charge in [-0.2, -0.15) is 0 Å². The van der Waals surface area contributed by atoms with Crippen LogP contribution in [-0.2, 0) is 14.3 Å². The fourth-order valence-electron chi connectivity index (χ4n) is 4.31. The van der Waals surface area contributed by atoms with Crippen molar-refractivity contribution in [3.05, 3.63) is 22.7 Å². The Morgan fingerprint density at radius 3 is 1.39 bits per heavy atom. The summed E-state index contributed by atoms with van der Waals surface area (Å²) in [4.78, 5) is 25.9. The van der Waals surface area contributed by atoms with Crippen LogP contribution in [0.5, 0.6) is 0 Å². The van der Waals surface area contributed by atoms with Gasteiger partial charge in [-0.05, 0) is 19.8 Å². The monoisotopic (exact) mass is 462 g/mol. The number of Topliss-reactive ketones (excluding diaryl/α,β-unsaturated/α-hetero) is 2. The van der Waals surface area contributed by atoms with Crippen LogP contribution in [0.3, 0.4) is 0 Å². The van der Waals surface area contributed by atoms with E-state index >= 15 is 0 Å². The first kappa shape index (κ1) is 29.3. The predicted octanol–water partition coefficient (Wildman–Crippen LogP) is 6.73. The molecular formula is C28H50N2O3. The molecule has 0 heterocycles. The summed E-state index contributed by atoms with van der Waals surface area (Å²) >= 11 is 0. The van der Waals surface area contributed by atoms with Crippen LogP contribution in [0.1, 0.15) is 124 Å². The Morgan fingerprint density at radius 1 is 0.576 bits per heavy atom. The Kier molecular flexibility index (Phi) is 16.5. The zero-order valence-corrected chi connectivity index (χ0v) is 22.0. The predicted molar refractivity (Wildman–Crippen MR) is 138 cm³/mol. The van der Waals surface area contributed by atoms with Gasteiger partial charge >= 0.3 is 0 Å². The topological polar surface area (TPSA) is 67.4 Å². The van der Waals surface area contributed by atoms with Crippen molar-refractivity contribution < 1.29 is 14.3 Å². The second-order valence-corrected chi connectivity index (χ2v) is 9.37. The molecule has 0 atom stereocenters. The molecule has 5 nitrogen and oxygen atoms in total. The number of ether oxygens (including phenoxy) is 1. The Balaban J connectivity index is 2.39. The van der Waals surface area contributed by atoms with Gasteiger partial charge in [0.15, 0.2) is 5.76 Å². The van der Waals surface area contributed by atoms with Crippen LogP contribution in [0.4, 0.5) is 0 Å². The number of carbonyl (C=O) groups excluding carboxylic acids is 2. The van der Waals surface area contributed by atoms with Gasteiger partial charge in [-0.3, -0.25) is 9.59 Å². The number of hydrogen-bond acceptors (Lipinski definition) is 5. The van der Waals surface area contributed by atoms with E-state index in [0.717, 1.165) is 25.7 Å². The molecule has 190 valence electrons. The van der Waals surface area contributed by atoms with Crippen LogP contribution in [-0.4, -0.2) is 31.8 Å². The molecule has 0 bridgehead atoms. The molecule has 0 aromatic rings. The van der Waals surface area contributed by atoms with Gasteiger partial charge in [0.25, 0.3) is 0 Å². The second-order valence-electron chi connectivity index (χ2n) is 9.37. The molecule has 1 aliphatic carbocycles. The minimum atomic E-state index is -0.215. The summed E-state index contributed by atoms with van der Waals surface area (Å²) in [7, 11) is 1.47. The lowest BCUT2D eigenvalue weighted by Gasteiger charge is -2.23. The smallest absolute Gasteiger partial charge is 0.246 e. The molecule has 0 spiro atoms. The minimum Gasteiger partial charge on any atom is -0.491 e. The molecule has 1 aliphatic rings. The summed E-state index contributed by atoms with van der Waals surface area (Å²) in [6, 6.07) is 0. The van der Waals surface area contributed by atoms with Crippen LogP contribution in [0.25, 0.3) is 0 Å². The summed E-state index contributed by atoms with van der Waals surface area (Å²) in [6.07, 6.45) is 19.8. The van der Waals surface area contributed by atoms with E-state index in [2.05, 4.69) is 24.5 Å². The minimum absolute atomic E-state index is 0.135. The van der Waals surface area contributed by atoms with Crippen molar-refractivity contribution in [2.75, 3.05) is 20.2 Å². The quantitative estimate of drug-likeness (QED) is 0.146. The van der Waals surface area contributed by atoms with Crippen molar-refractivity contribution in [2.45, 2.75) is 124 Å². The first-order valence-electron chi connectivity index (χ1n) is 13.6. The van der Waals surface area contributed by atoms with E-state index in [1.807, 2.05) is 0 Å². The molecule has 0 unspecified atom stereocenters. The number of ketones is 2. The number of methoxy groups -OCH3 is 1. The number of nitrogens with one attached hydrogen (secondary N) is 2. The summed E-state index contributed by atoms with van der Waals surface area (Å²) < 4.78 is 5.36. The van der Waals surface area contributed by atoms with E-state index in [1.165, 1.54) is 84.2 Å². The molecule has 0 saturated heterocycles. The van der Waals surface area contributed by atoms with Crippen molar-refractivity contribution in [2.24, 2.45) is 0 Å². The van der Waals surface area contributed by atoms with Crippen molar-refractivity contribution in [3.63, 3.8) is 0 Å². The second kappa shape index (κ2) is 18.6. The lowest BCUT2D eigenvalue weighted by atomic mass is 9.96. The molecule has 0 radical (unpaired) electrons. The van der Waals surface area contributed by atoms with Crippen LogP contribution in [0.15, 0.2) is 22.7 Å². The Hall–Kier alpha value is -1.78. The molecule has 33 heavy (non-hydrogen) atoms. The van der Waals surface area contributed by atoms with E-state index in [1.54, 1.807) is 6.92 Å². The molecule has 0 amide bonds. The first-order valence-corrected chi connectivity index (χ1v) is 13.6. The van der Waals surface area contributed by atoms with Crippen molar-refractivity contribution in [3.8, 4) is 0 Å². The van der Waals surface area contributed by atoms with Gasteiger partial charge in [0.05, 0.1) is 12.8 Å². The van der Waals surface area contributed by atoms with Gasteiger partial charge < -0.3 is 15.4 Å². The largest absolute Gasteiger partial charge is 0.491 e. The third-order valence-electron chi connectivity index (χ3n) is 6.47. The highest BCUT2D eigenvalue weighted by Gasteiger charge is 2.33. The average molecular weight is 463 g/mol. The van der Waals surface area contributed by atoms with Gasteiger partial charge in [0, 0.05) is 18.7 Å². The fourth-order valence-corrected chi connectivity index (χ4v) is 4.31. The maximum Gasteiger partial charge on any atom is 0.246 e. The van der Waals surface area contributed by atoms with E-state index in [9.17, 15) is 9.59 Å². The molecule has 0 aromatic heterocycles. The summed E-state index contributed by atoms with van der Waals surface area (Å²) in [5, 5.41) is 6.41. The molecule has 0 aromatic carbocycles. The summed E-state index contributed by atoms with van der Waals surface area (Å²) in [5.74, 6) is -0.208. The van der Waals surface area contributed by atoms with E-state index < -0.39 is 0 Å². The lowest BCUT2D eigenvalue weighted by Crippen LogP contribution is -2.36. The molecular weight excluding hydrogens is 412 g/mol. The Labute approximate surface area is 203 Å². The van der Waals surface area contributed by atoms with E-state index in [-0.39, 0.29) is 17.3 Å². The zero-order chi connectivity index (χ0) is 24.3. The van der Waals surface area contributed by atoms with Crippen molar-refractivity contribution in [1.82, 2.24) is 10.6 Å². The Bertz CT molecular complexity index is 637. The highest BCUT2D eigenvalue weighted by Crippen LogP contribution is 2.23. The first-order chi connectivity index (χ1) is 16.1. The highest BCUT2D eigenvalue weighted by molar-refractivity contribution is 6.23. The molecule has 0 saturated carbocycles. The molecule has 0 fully saturated rings. The number of unbranched alkanes of at least 4 members (excludes halogenated alkanes) is 14. The molecule has 1 rings (SSSR count). The van der Waals surface area contributed by atoms with Crippen LogP contribution in [0, 0.1) is 0 Å². The molecule has 2 N–H and O–H groups in total. The molecule has 5 heteroatoms. The third kappa shape index (κ3) is 11.3. The standard InChI is InChI=1S/C28H50N2O3/c1-5-7-9-11-13-15-17-19-21-29-24-23(3)26(31)25(28(33-4)27(24)32)30-22-20-18-16-14-12-10-8-6-2/h29-30H,5-22H2,1-4H3. The van der Waals surface area contributed by atoms with E-state index in [4.69, 9.17) is 4.74 Å². The van der Waals surface area contributed by atoms with Gasteiger partial charge in [0.2, 0.25) is 11.6 Å². The van der Waals surface area contributed by atoms with E-state index in [0.29, 0.717) is 30.1 Å². The van der Waals surface area contributed by atoms with Gasteiger partial charge in [-0.1, -0.05) is 104 Å². The van der Waals surface area contributed by atoms with Crippen LogP contribution in [0.2, 0.25) is 0 Å². The normalized spacial score (nSPS) is 14.3. The fraction of sp³-hybridized carbons (Fsp3) is 0.786. The number of allylic oxidation sites excluding steroid dienone is 1. The van der Waals surface area contributed by atoms with Gasteiger partial charge in [-0.15, -0.1) is 0 Å². The van der Waals surface area contributed by atoms with Gasteiger partial charge in [-0.25, -0.2) is 0 Å². The van der Waals surface area contributed by atoms with Crippen molar-refractivity contribution in [1.29, 1.82) is 0 Å². The average Bonchev–Trinajstić information content (AvgIpc) is 2.81. The highest BCUT2D eigenvalue weighted by atomic mass is 16.5. The molecule has 0 aliphatic heterocycles. The van der Waals surface area contributed by atoms with Crippen LogP contribution < -0.4 is 10.6 Å². The zero-order valence-electron chi connectivity index (χ0n) is 22.0. The maximum atomic E-state index is 13.0. The number of rotatable bonds is 21. The third-order valence-corrected chi connectivity index (χ3v) is 6.47. The lowest BCUT2D eigenvalue weighted by molar-refractivity contribution is -0.119. The number of carbonyl (C=O) groups is 2.